The highest BCUT2D eigenvalue weighted by atomic mass is 16.3. The normalized spacial score (nSPS) is 16.6. The van der Waals surface area contributed by atoms with Crippen LogP contribution in [0.2, 0.25) is 0 Å². The summed E-state index contributed by atoms with van der Waals surface area (Å²) < 4.78 is 4.92. The summed E-state index contributed by atoms with van der Waals surface area (Å²) in [6.45, 7) is 8.09. The molecular weight excluding hydrogens is 244 g/mol. The van der Waals surface area contributed by atoms with E-state index >= 15 is 0 Å². The zero-order valence-corrected chi connectivity index (χ0v) is 11.7. The lowest BCUT2D eigenvalue weighted by molar-refractivity contribution is -0.140. The smallest absolute Gasteiger partial charge is 0.257 e. The predicted octanol–water partition coefficient (Wildman–Crippen LogP) is 1.61. The monoisotopic (exact) mass is 264 g/mol. The van der Waals surface area contributed by atoms with E-state index in [0.29, 0.717) is 31.7 Å². The predicted molar refractivity (Wildman–Crippen MR) is 70.6 cm³/mol. The average Bonchev–Trinajstić information content (AvgIpc) is 2.90. The van der Waals surface area contributed by atoms with Gasteiger partial charge < -0.3 is 14.2 Å². The third kappa shape index (κ3) is 2.97. The van der Waals surface area contributed by atoms with E-state index in [9.17, 15) is 9.59 Å². The van der Waals surface area contributed by atoms with Crippen LogP contribution in [0.15, 0.2) is 23.0 Å². The molecule has 0 unspecified atom stereocenters. The van der Waals surface area contributed by atoms with Gasteiger partial charge in [0.25, 0.3) is 5.91 Å². The molecule has 0 spiro atoms. The molecule has 1 aromatic heterocycles. The molecule has 19 heavy (non-hydrogen) atoms. The van der Waals surface area contributed by atoms with Gasteiger partial charge in [0.2, 0.25) is 5.91 Å². The van der Waals surface area contributed by atoms with Crippen LogP contribution in [0.1, 0.15) is 31.1 Å². The Hall–Kier alpha value is -1.78. The van der Waals surface area contributed by atoms with Crippen molar-refractivity contribution in [3.8, 4) is 0 Å². The molecule has 2 amide bonds. The molecule has 1 aromatic rings. The summed E-state index contributed by atoms with van der Waals surface area (Å²) >= 11 is 0. The SMILES string of the molecule is CC(C)(C)C(=O)N1CCN(C(=O)c2ccoc2)CC1. The Balaban J connectivity index is 1.93. The first-order valence-corrected chi connectivity index (χ1v) is 6.50. The fourth-order valence-electron chi connectivity index (χ4n) is 2.16. The molecule has 2 rings (SSSR count). The Bertz CT molecular complexity index is 452. The van der Waals surface area contributed by atoms with Crippen LogP contribution in [0.3, 0.4) is 0 Å². The molecule has 0 atom stereocenters. The van der Waals surface area contributed by atoms with Crippen molar-refractivity contribution in [2.75, 3.05) is 26.2 Å². The van der Waals surface area contributed by atoms with Crippen LogP contribution in [0.4, 0.5) is 0 Å². The molecule has 1 aliphatic rings. The van der Waals surface area contributed by atoms with Crippen molar-refractivity contribution in [3.05, 3.63) is 24.2 Å². The minimum absolute atomic E-state index is 0.0309. The highest BCUT2D eigenvalue weighted by Crippen LogP contribution is 2.19. The Kier molecular flexibility index (Phi) is 3.64. The van der Waals surface area contributed by atoms with E-state index in [4.69, 9.17) is 4.42 Å². The second kappa shape index (κ2) is 5.07. The maximum absolute atomic E-state index is 12.1. The topological polar surface area (TPSA) is 53.8 Å². The van der Waals surface area contributed by atoms with Gasteiger partial charge >= 0.3 is 0 Å². The summed E-state index contributed by atoms with van der Waals surface area (Å²) in [5, 5.41) is 0. The first kappa shape index (κ1) is 13.6. The van der Waals surface area contributed by atoms with Gasteiger partial charge in [0, 0.05) is 31.6 Å². The van der Waals surface area contributed by atoms with E-state index in [1.807, 2.05) is 25.7 Å². The number of hydrogen-bond donors (Lipinski definition) is 0. The molecule has 1 fully saturated rings. The maximum atomic E-state index is 12.1. The second-order valence-electron chi connectivity index (χ2n) is 5.85. The second-order valence-corrected chi connectivity index (χ2v) is 5.85. The van der Waals surface area contributed by atoms with Gasteiger partial charge in [-0.2, -0.15) is 0 Å². The number of carbonyl (C=O) groups is 2. The number of amides is 2. The number of furan rings is 1. The van der Waals surface area contributed by atoms with Crippen LogP contribution >= 0.6 is 0 Å². The number of rotatable bonds is 1. The van der Waals surface area contributed by atoms with Crippen LogP contribution in [-0.2, 0) is 4.79 Å². The number of nitrogens with zero attached hydrogens (tertiary/aromatic N) is 2. The van der Waals surface area contributed by atoms with Crippen molar-refractivity contribution in [1.82, 2.24) is 9.80 Å². The van der Waals surface area contributed by atoms with Crippen molar-refractivity contribution in [1.29, 1.82) is 0 Å². The van der Waals surface area contributed by atoms with Crippen molar-refractivity contribution in [2.24, 2.45) is 5.41 Å². The number of hydrogen-bond acceptors (Lipinski definition) is 3. The molecule has 0 aliphatic carbocycles. The third-order valence-electron chi connectivity index (χ3n) is 3.26. The van der Waals surface area contributed by atoms with Gasteiger partial charge in [-0.15, -0.1) is 0 Å². The van der Waals surface area contributed by atoms with E-state index in [1.165, 1.54) is 12.5 Å². The standard InChI is InChI=1S/C14H20N2O3/c1-14(2,3)13(18)16-7-5-15(6-8-16)12(17)11-4-9-19-10-11/h4,9-10H,5-8H2,1-3H3. The lowest BCUT2D eigenvalue weighted by atomic mass is 9.94. The van der Waals surface area contributed by atoms with Gasteiger partial charge in [0.1, 0.15) is 6.26 Å². The molecule has 1 aliphatic heterocycles. The fourth-order valence-corrected chi connectivity index (χ4v) is 2.16. The summed E-state index contributed by atoms with van der Waals surface area (Å²) in [4.78, 5) is 27.8. The summed E-state index contributed by atoms with van der Waals surface area (Å²) in [6.07, 6.45) is 2.95. The largest absolute Gasteiger partial charge is 0.472 e. The zero-order chi connectivity index (χ0) is 14.0. The van der Waals surface area contributed by atoms with Crippen molar-refractivity contribution in [3.63, 3.8) is 0 Å². The highest BCUT2D eigenvalue weighted by Gasteiger charge is 2.31. The average molecular weight is 264 g/mol. The molecule has 0 saturated carbocycles. The molecular formula is C14H20N2O3. The summed E-state index contributed by atoms with van der Waals surface area (Å²) in [7, 11) is 0. The molecule has 5 heteroatoms. The minimum atomic E-state index is -0.364. The van der Waals surface area contributed by atoms with Gasteiger partial charge in [0.05, 0.1) is 11.8 Å². The molecule has 0 radical (unpaired) electrons. The maximum Gasteiger partial charge on any atom is 0.257 e. The fraction of sp³-hybridized carbons (Fsp3) is 0.571. The van der Waals surface area contributed by atoms with Gasteiger partial charge in [-0.05, 0) is 6.07 Å². The molecule has 5 nitrogen and oxygen atoms in total. The molecule has 2 heterocycles. The Morgan fingerprint density at radius 3 is 2.16 bits per heavy atom. The number of piperazine rings is 1. The Labute approximate surface area is 113 Å². The summed E-state index contributed by atoms with van der Waals surface area (Å²) in [5.41, 5.74) is 0.201. The van der Waals surface area contributed by atoms with Crippen molar-refractivity contribution < 1.29 is 14.0 Å². The lowest BCUT2D eigenvalue weighted by Gasteiger charge is -2.37. The van der Waals surface area contributed by atoms with Crippen LogP contribution in [-0.4, -0.2) is 47.8 Å². The van der Waals surface area contributed by atoms with Gasteiger partial charge in [-0.1, -0.05) is 20.8 Å². The van der Waals surface area contributed by atoms with Crippen LogP contribution in [0.5, 0.6) is 0 Å². The first-order chi connectivity index (χ1) is 8.89. The third-order valence-corrected chi connectivity index (χ3v) is 3.26. The van der Waals surface area contributed by atoms with Gasteiger partial charge in [0.15, 0.2) is 0 Å². The van der Waals surface area contributed by atoms with Crippen molar-refractivity contribution in [2.45, 2.75) is 20.8 Å². The summed E-state index contributed by atoms with van der Waals surface area (Å²) in [5.74, 6) is 0.111. The first-order valence-electron chi connectivity index (χ1n) is 6.50. The van der Waals surface area contributed by atoms with Gasteiger partial charge in [-0.3, -0.25) is 9.59 Å². The highest BCUT2D eigenvalue weighted by molar-refractivity contribution is 5.94. The van der Waals surface area contributed by atoms with E-state index in [0.717, 1.165) is 0 Å². The molecule has 104 valence electrons. The van der Waals surface area contributed by atoms with Crippen LogP contribution in [0.25, 0.3) is 0 Å². The molecule has 0 N–H and O–H groups in total. The van der Waals surface area contributed by atoms with E-state index in [-0.39, 0.29) is 17.2 Å². The molecule has 1 saturated heterocycles. The van der Waals surface area contributed by atoms with Crippen LogP contribution < -0.4 is 0 Å². The minimum Gasteiger partial charge on any atom is -0.472 e. The number of carbonyl (C=O) groups excluding carboxylic acids is 2. The summed E-state index contributed by atoms with van der Waals surface area (Å²) in [6, 6.07) is 1.66. The van der Waals surface area contributed by atoms with Gasteiger partial charge in [-0.25, -0.2) is 0 Å². The Morgan fingerprint density at radius 1 is 1.11 bits per heavy atom. The van der Waals surface area contributed by atoms with E-state index in [1.54, 1.807) is 11.0 Å². The zero-order valence-electron chi connectivity index (χ0n) is 11.7. The van der Waals surface area contributed by atoms with Crippen molar-refractivity contribution >= 4 is 11.8 Å². The lowest BCUT2D eigenvalue weighted by Crippen LogP contribution is -2.53. The Morgan fingerprint density at radius 2 is 1.68 bits per heavy atom. The van der Waals surface area contributed by atoms with E-state index < -0.39 is 0 Å². The van der Waals surface area contributed by atoms with E-state index in [2.05, 4.69) is 0 Å². The molecule has 0 aromatic carbocycles. The van der Waals surface area contributed by atoms with Crippen LogP contribution in [0, 0.1) is 5.41 Å². The quantitative estimate of drug-likeness (QED) is 0.774. The molecule has 0 bridgehead atoms.